The van der Waals surface area contributed by atoms with Crippen molar-refractivity contribution in [3.8, 4) is 12.3 Å². The molecule has 0 spiro atoms. The van der Waals surface area contributed by atoms with Gasteiger partial charge in [-0.05, 0) is 0 Å². The van der Waals surface area contributed by atoms with E-state index in [9.17, 15) is 4.79 Å². The van der Waals surface area contributed by atoms with Crippen molar-refractivity contribution in [3.63, 3.8) is 0 Å². The van der Waals surface area contributed by atoms with Crippen LogP contribution in [0.15, 0.2) is 0 Å². The van der Waals surface area contributed by atoms with Crippen molar-refractivity contribution in [2.75, 3.05) is 27.2 Å². The van der Waals surface area contributed by atoms with E-state index in [-0.39, 0.29) is 21.6 Å². The number of rotatable bonds is 15. The van der Waals surface area contributed by atoms with Crippen LogP contribution in [0.5, 0.6) is 0 Å². The molecule has 0 aromatic heterocycles. The molecule has 0 aliphatic carbocycles. The Bertz CT molecular complexity index is 540. The van der Waals surface area contributed by atoms with Gasteiger partial charge in [-0.15, -0.1) is 0 Å². The summed E-state index contributed by atoms with van der Waals surface area (Å²) >= 11 is -2.93. The van der Waals surface area contributed by atoms with Gasteiger partial charge in [-0.1, -0.05) is 0 Å². The van der Waals surface area contributed by atoms with Gasteiger partial charge in [0.1, 0.15) is 0 Å². The number of nitrogens with zero attached hydrogens (tertiary/aromatic N) is 1. The quantitative estimate of drug-likeness (QED) is 0.143. The van der Waals surface area contributed by atoms with Crippen LogP contribution in [-0.4, -0.2) is 66.2 Å². The minimum atomic E-state index is -2.93. The number of piperidine rings is 1. The molecule has 1 aliphatic rings. The zero-order valence-electron chi connectivity index (χ0n) is 21.3. The first-order chi connectivity index (χ1) is 14.9. The van der Waals surface area contributed by atoms with Gasteiger partial charge < -0.3 is 0 Å². The molecule has 3 atom stereocenters. The number of carbonyl (C=O) groups is 1. The number of ether oxygens (including phenoxy) is 2. The zero-order valence-corrected chi connectivity index (χ0v) is 24.2. The number of terminal acetylenes is 1. The first kappa shape index (κ1) is 28.8. The molecular weight excluding hydrogens is 493 g/mol. The summed E-state index contributed by atoms with van der Waals surface area (Å²) in [5, 5.41) is 0. The summed E-state index contributed by atoms with van der Waals surface area (Å²) in [6, 6.07) is 0. The van der Waals surface area contributed by atoms with E-state index in [0.717, 1.165) is 32.4 Å². The second-order valence-electron chi connectivity index (χ2n) is 9.69. The van der Waals surface area contributed by atoms with E-state index >= 15 is 0 Å². The first-order valence-electron chi connectivity index (χ1n) is 12.7. The van der Waals surface area contributed by atoms with Gasteiger partial charge in [0.2, 0.25) is 0 Å². The molecule has 0 bridgehead atoms. The first-order valence-corrected chi connectivity index (χ1v) is 20.2. The van der Waals surface area contributed by atoms with Crippen LogP contribution < -0.4 is 0 Å². The molecule has 0 aromatic rings. The van der Waals surface area contributed by atoms with E-state index in [1.807, 2.05) is 7.11 Å². The average molecular weight is 542 g/mol. The van der Waals surface area contributed by atoms with E-state index in [1.54, 1.807) is 6.92 Å². The molecular formula is C26H49NO3Sn. The summed E-state index contributed by atoms with van der Waals surface area (Å²) in [6.07, 6.45) is 15.8. The van der Waals surface area contributed by atoms with E-state index in [2.05, 4.69) is 38.6 Å². The zero-order chi connectivity index (χ0) is 23.3. The third-order valence-electron chi connectivity index (χ3n) is 7.60. The predicted molar refractivity (Wildman–Crippen MR) is 134 cm³/mol. The fourth-order valence-corrected chi connectivity index (χ4v) is 26.8. The van der Waals surface area contributed by atoms with Gasteiger partial charge in [0.15, 0.2) is 0 Å². The Balaban J connectivity index is 3.63. The second-order valence-corrected chi connectivity index (χ2v) is 23.7. The third kappa shape index (κ3) is 7.64. The van der Waals surface area contributed by atoms with Gasteiger partial charge in [-0.2, -0.15) is 0 Å². The molecule has 4 nitrogen and oxygen atoms in total. The molecule has 0 aromatic carbocycles. The number of unbranched alkanes of at least 4 members (excludes halogenated alkanes) is 3. The van der Waals surface area contributed by atoms with E-state index in [0.29, 0.717) is 0 Å². The Hall–Kier alpha value is -0.251. The van der Waals surface area contributed by atoms with Crippen LogP contribution in [0.3, 0.4) is 0 Å². The molecule has 0 saturated carbocycles. The Morgan fingerprint density at radius 1 is 1.13 bits per heavy atom. The fourth-order valence-electron chi connectivity index (χ4n) is 6.02. The van der Waals surface area contributed by atoms with Crippen molar-refractivity contribution in [1.82, 2.24) is 4.90 Å². The summed E-state index contributed by atoms with van der Waals surface area (Å²) in [5.74, 6) is 2.98. The van der Waals surface area contributed by atoms with E-state index < -0.39 is 18.4 Å². The van der Waals surface area contributed by atoms with Crippen LogP contribution in [0.4, 0.5) is 0 Å². The summed E-state index contributed by atoms with van der Waals surface area (Å²) in [4.78, 5) is 14.4. The van der Waals surface area contributed by atoms with Crippen molar-refractivity contribution < 1.29 is 14.3 Å². The Kier molecular flexibility index (Phi) is 13.7. The summed E-state index contributed by atoms with van der Waals surface area (Å²) in [6.45, 7) is 10.4. The Morgan fingerprint density at radius 3 is 2.10 bits per heavy atom. The third-order valence-corrected chi connectivity index (χ3v) is 26.3. The molecule has 1 aliphatic heterocycles. The number of likely N-dealkylation sites (tertiary alicyclic amines) is 1. The summed E-state index contributed by atoms with van der Waals surface area (Å²) in [5.41, 5.74) is 0. The maximum atomic E-state index is 12.0. The molecule has 180 valence electrons. The molecule has 0 radical (unpaired) electrons. The van der Waals surface area contributed by atoms with Gasteiger partial charge in [-0.3, -0.25) is 0 Å². The van der Waals surface area contributed by atoms with Crippen LogP contribution in [-0.2, 0) is 14.3 Å². The van der Waals surface area contributed by atoms with Crippen LogP contribution in [0.2, 0.25) is 13.3 Å². The molecule has 1 fully saturated rings. The molecule has 1 saturated heterocycles. The van der Waals surface area contributed by atoms with Gasteiger partial charge in [0.05, 0.1) is 0 Å². The SMILES string of the molecule is C#CCC[C](OC)(C1CN(C)CCC1OC(C)=O)[Sn]([CH2]CCC)([CH2]CCC)[CH2]CCC. The van der Waals surface area contributed by atoms with Crippen LogP contribution >= 0.6 is 0 Å². The van der Waals surface area contributed by atoms with Crippen molar-refractivity contribution in [3.05, 3.63) is 0 Å². The van der Waals surface area contributed by atoms with Crippen molar-refractivity contribution in [2.45, 2.75) is 109 Å². The molecule has 3 unspecified atom stereocenters. The van der Waals surface area contributed by atoms with Gasteiger partial charge >= 0.3 is 198 Å². The standard InChI is InChI=1S/C14H22NO3.3C4H9.Sn/c1-5-6-7-13(17-4)12-10-15(3)9-8-14(12)18-11(2)16;3*1-3-4-2;/h1,12,14H,6-10H2,2-4H3;3*1,3-4H2,2H3;. The van der Waals surface area contributed by atoms with Crippen LogP contribution in [0.1, 0.15) is 85.5 Å². The molecule has 31 heavy (non-hydrogen) atoms. The second kappa shape index (κ2) is 14.8. The minimum absolute atomic E-state index is 0.0626. The van der Waals surface area contributed by atoms with Crippen molar-refractivity contribution in [1.29, 1.82) is 0 Å². The molecule has 5 heteroatoms. The molecule has 0 N–H and O–H groups in total. The number of esters is 1. The predicted octanol–water partition coefficient (Wildman–Crippen LogP) is 6.06. The molecule has 1 heterocycles. The molecule has 0 amide bonds. The normalized spacial score (nSPS) is 22.0. The van der Waals surface area contributed by atoms with Gasteiger partial charge in [0.25, 0.3) is 0 Å². The topological polar surface area (TPSA) is 38.8 Å². The fraction of sp³-hybridized carbons (Fsp3) is 0.885. The number of hydrogen-bond donors (Lipinski definition) is 0. The average Bonchev–Trinajstić information content (AvgIpc) is 2.76. The summed E-state index contributed by atoms with van der Waals surface area (Å²) < 4.78 is 16.6. The summed E-state index contributed by atoms with van der Waals surface area (Å²) in [7, 11) is 4.13. The van der Waals surface area contributed by atoms with Gasteiger partial charge in [0, 0.05) is 0 Å². The van der Waals surface area contributed by atoms with Crippen LogP contribution in [0, 0.1) is 18.3 Å². The van der Waals surface area contributed by atoms with Gasteiger partial charge in [-0.25, -0.2) is 0 Å². The van der Waals surface area contributed by atoms with E-state index in [4.69, 9.17) is 15.9 Å². The van der Waals surface area contributed by atoms with Crippen LogP contribution in [0.25, 0.3) is 0 Å². The number of methoxy groups -OCH3 is 1. The Morgan fingerprint density at radius 2 is 1.68 bits per heavy atom. The van der Waals surface area contributed by atoms with Crippen molar-refractivity contribution >= 4 is 24.3 Å². The maximum absolute atomic E-state index is 12.0. The van der Waals surface area contributed by atoms with Crippen molar-refractivity contribution in [2.24, 2.45) is 5.92 Å². The van der Waals surface area contributed by atoms with E-state index in [1.165, 1.54) is 51.8 Å². The monoisotopic (exact) mass is 543 g/mol. The Labute approximate surface area is 197 Å². The number of hydrogen-bond acceptors (Lipinski definition) is 4. The molecule has 1 rings (SSSR count). The number of carbonyl (C=O) groups excluding carboxylic acids is 1.